The van der Waals surface area contributed by atoms with Crippen LogP contribution in [0.15, 0.2) is 0 Å². The Hall–Kier alpha value is -0.950. The third-order valence-electron chi connectivity index (χ3n) is 3.54. The third kappa shape index (κ3) is 2.56. The van der Waals surface area contributed by atoms with Gasteiger partial charge in [0.25, 0.3) is 0 Å². The maximum absolute atomic E-state index is 12.0. The van der Waals surface area contributed by atoms with E-state index >= 15 is 0 Å². The van der Waals surface area contributed by atoms with Crippen molar-refractivity contribution in [2.24, 2.45) is 5.41 Å². The lowest BCUT2D eigenvalue weighted by atomic mass is 9.85. The smallest absolute Gasteiger partial charge is 0.317 e. The molecule has 0 bridgehead atoms. The van der Waals surface area contributed by atoms with E-state index in [1.165, 1.54) is 0 Å². The highest BCUT2D eigenvalue weighted by atomic mass is 32.2. The zero-order chi connectivity index (χ0) is 13.2. The van der Waals surface area contributed by atoms with Crippen molar-refractivity contribution in [2.45, 2.75) is 13.0 Å². The standard InChI is InChI=1S/C11H18N2O4S/c1-11(9(14)15)7-17-6-8(11)12-10(16)13-2-4-18-5-3-13/h8H,2-7H2,1H3,(H,12,16)(H,14,15). The number of nitrogens with zero attached hydrogens (tertiary/aromatic N) is 1. The summed E-state index contributed by atoms with van der Waals surface area (Å²) in [5, 5.41) is 12.0. The number of carbonyl (C=O) groups excluding carboxylic acids is 1. The molecule has 2 fully saturated rings. The fraction of sp³-hybridized carbons (Fsp3) is 0.818. The summed E-state index contributed by atoms with van der Waals surface area (Å²) in [5.74, 6) is 0.940. The van der Waals surface area contributed by atoms with Crippen molar-refractivity contribution in [3.05, 3.63) is 0 Å². The van der Waals surface area contributed by atoms with Crippen molar-refractivity contribution in [3.8, 4) is 0 Å². The van der Waals surface area contributed by atoms with Gasteiger partial charge >= 0.3 is 12.0 Å². The molecule has 0 aromatic rings. The second kappa shape index (κ2) is 5.36. The second-order valence-corrected chi connectivity index (χ2v) is 6.06. The molecule has 2 aliphatic rings. The zero-order valence-corrected chi connectivity index (χ0v) is 11.2. The van der Waals surface area contributed by atoms with Crippen LogP contribution in [0.2, 0.25) is 0 Å². The Morgan fingerprint density at radius 2 is 2.11 bits per heavy atom. The number of carboxylic acid groups (broad SMARTS) is 1. The molecule has 0 aliphatic carbocycles. The number of rotatable bonds is 2. The highest BCUT2D eigenvalue weighted by Gasteiger charge is 2.47. The number of carboxylic acids is 1. The number of aliphatic carboxylic acids is 1. The van der Waals surface area contributed by atoms with Crippen molar-refractivity contribution in [3.63, 3.8) is 0 Å². The van der Waals surface area contributed by atoms with Crippen LogP contribution in [0.4, 0.5) is 4.79 Å². The summed E-state index contributed by atoms with van der Waals surface area (Å²) in [7, 11) is 0. The second-order valence-electron chi connectivity index (χ2n) is 4.84. The van der Waals surface area contributed by atoms with Gasteiger partial charge in [-0.25, -0.2) is 4.79 Å². The van der Waals surface area contributed by atoms with E-state index in [-0.39, 0.29) is 19.2 Å². The van der Waals surface area contributed by atoms with Gasteiger partial charge in [-0.2, -0.15) is 11.8 Å². The Balaban J connectivity index is 1.95. The first kappa shape index (κ1) is 13.5. The van der Waals surface area contributed by atoms with Crippen LogP contribution < -0.4 is 5.32 Å². The van der Waals surface area contributed by atoms with Crippen LogP contribution in [0.25, 0.3) is 0 Å². The van der Waals surface area contributed by atoms with Gasteiger partial charge in [0, 0.05) is 24.6 Å². The summed E-state index contributed by atoms with van der Waals surface area (Å²) in [6.45, 7) is 3.45. The Labute approximate surface area is 110 Å². The van der Waals surface area contributed by atoms with Gasteiger partial charge in [-0.15, -0.1) is 0 Å². The minimum absolute atomic E-state index is 0.142. The molecule has 0 spiro atoms. The lowest BCUT2D eigenvalue weighted by molar-refractivity contribution is -0.148. The first-order valence-corrected chi connectivity index (χ1v) is 7.14. The van der Waals surface area contributed by atoms with Crippen LogP contribution in [0, 0.1) is 5.41 Å². The number of thioether (sulfide) groups is 1. The fourth-order valence-electron chi connectivity index (χ4n) is 2.09. The number of hydrogen-bond acceptors (Lipinski definition) is 4. The van der Waals surface area contributed by atoms with E-state index in [0.29, 0.717) is 13.1 Å². The first-order valence-electron chi connectivity index (χ1n) is 5.98. The summed E-state index contributed by atoms with van der Waals surface area (Å²) in [5.41, 5.74) is -1.03. The molecule has 2 atom stereocenters. The molecule has 0 radical (unpaired) electrons. The molecule has 18 heavy (non-hydrogen) atoms. The van der Waals surface area contributed by atoms with Gasteiger partial charge in [-0.1, -0.05) is 0 Å². The third-order valence-corrected chi connectivity index (χ3v) is 4.48. The summed E-state index contributed by atoms with van der Waals surface area (Å²) < 4.78 is 5.20. The molecule has 0 aromatic heterocycles. The van der Waals surface area contributed by atoms with E-state index in [9.17, 15) is 14.7 Å². The molecule has 102 valence electrons. The predicted molar refractivity (Wildman–Crippen MR) is 67.8 cm³/mol. The number of nitrogens with one attached hydrogen (secondary N) is 1. The molecule has 0 saturated carbocycles. The van der Waals surface area contributed by atoms with Crippen LogP contribution in [0.1, 0.15) is 6.92 Å². The van der Waals surface area contributed by atoms with Crippen LogP contribution in [0.3, 0.4) is 0 Å². The Kier molecular flexibility index (Phi) is 4.01. The summed E-state index contributed by atoms with van der Waals surface area (Å²) in [6.07, 6.45) is 0. The van der Waals surface area contributed by atoms with Gasteiger partial charge in [-0.3, -0.25) is 4.79 Å². The highest BCUT2D eigenvalue weighted by molar-refractivity contribution is 7.99. The minimum atomic E-state index is -1.03. The topological polar surface area (TPSA) is 78.9 Å². The van der Waals surface area contributed by atoms with Gasteiger partial charge in [0.2, 0.25) is 0 Å². The lowest BCUT2D eigenvalue weighted by Gasteiger charge is -2.31. The normalized spacial score (nSPS) is 32.3. The summed E-state index contributed by atoms with van der Waals surface area (Å²) >= 11 is 1.82. The molecule has 2 amide bonds. The van der Waals surface area contributed by atoms with Crippen LogP contribution in [0.5, 0.6) is 0 Å². The van der Waals surface area contributed by atoms with E-state index in [4.69, 9.17) is 4.74 Å². The molecule has 6 nitrogen and oxygen atoms in total. The molecule has 2 N–H and O–H groups in total. The van der Waals surface area contributed by atoms with E-state index in [1.807, 2.05) is 11.8 Å². The van der Waals surface area contributed by atoms with Crippen LogP contribution >= 0.6 is 11.8 Å². The molecule has 2 unspecified atom stereocenters. The average molecular weight is 274 g/mol. The monoisotopic (exact) mass is 274 g/mol. The van der Waals surface area contributed by atoms with Crippen molar-refractivity contribution in [2.75, 3.05) is 37.8 Å². The molecule has 7 heteroatoms. The van der Waals surface area contributed by atoms with E-state index < -0.39 is 17.4 Å². The van der Waals surface area contributed by atoms with E-state index in [1.54, 1.807) is 11.8 Å². The predicted octanol–water partition coefficient (Wildman–Crippen LogP) is 0.234. The lowest BCUT2D eigenvalue weighted by Crippen LogP contribution is -2.54. The highest BCUT2D eigenvalue weighted by Crippen LogP contribution is 2.28. The van der Waals surface area contributed by atoms with Crippen LogP contribution in [-0.2, 0) is 9.53 Å². The van der Waals surface area contributed by atoms with Crippen molar-refractivity contribution >= 4 is 23.8 Å². The van der Waals surface area contributed by atoms with Gasteiger partial charge < -0.3 is 20.1 Å². The Morgan fingerprint density at radius 3 is 2.72 bits per heavy atom. The molecule has 2 heterocycles. The van der Waals surface area contributed by atoms with Crippen molar-refractivity contribution in [1.29, 1.82) is 0 Å². The van der Waals surface area contributed by atoms with Crippen LogP contribution in [-0.4, -0.2) is 65.9 Å². The average Bonchev–Trinajstić information content (AvgIpc) is 2.73. The zero-order valence-electron chi connectivity index (χ0n) is 10.3. The number of hydrogen-bond donors (Lipinski definition) is 2. The molecular formula is C11H18N2O4S. The van der Waals surface area contributed by atoms with Gasteiger partial charge in [0.1, 0.15) is 5.41 Å². The van der Waals surface area contributed by atoms with Gasteiger partial charge in [0.15, 0.2) is 0 Å². The van der Waals surface area contributed by atoms with Crippen molar-refractivity contribution < 1.29 is 19.4 Å². The molecule has 2 saturated heterocycles. The minimum Gasteiger partial charge on any atom is -0.481 e. The quantitative estimate of drug-likeness (QED) is 0.754. The molecule has 0 aromatic carbocycles. The maximum atomic E-state index is 12.0. The number of carbonyl (C=O) groups is 2. The summed E-state index contributed by atoms with van der Waals surface area (Å²) in [4.78, 5) is 25.0. The molecule has 2 aliphatic heterocycles. The molecular weight excluding hydrogens is 256 g/mol. The maximum Gasteiger partial charge on any atom is 0.317 e. The van der Waals surface area contributed by atoms with Gasteiger partial charge in [-0.05, 0) is 6.92 Å². The SMILES string of the molecule is CC1(C(=O)O)COCC1NC(=O)N1CCSCC1. The first-order chi connectivity index (χ1) is 8.54. The fourth-order valence-corrected chi connectivity index (χ4v) is 2.99. The molecule has 2 rings (SSSR count). The number of ether oxygens (including phenoxy) is 1. The Morgan fingerprint density at radius 1 is 1.44 bits per heavy atom. The number of amides is 2. The number of urea groups is 1. The van der Waals surface area contributed by atoms with E-state index in [2.05, 4.69) is 5.32 Å². The summed E-state index contributed by atoms with van der Waals surface area (Å²) in [6, 6.07) is -0.643. The Bertz CT molecular complexity index is 346. The largest absolute Gasteiger partial charge is 0.481 e. The van der Waals surface area contributed by atoms with Crippen molar-refractivity contribution in [1.82, 2.24) is 10.2 Å². The van der Waals surface area contributed by atoms with Gasteiger partial charge in [0.05, 0.1) is 19.3 Å². The van der Waals surface area contributed by atoms with E-state index in [0.717, 1.165) is 11.5 Å².